The molecule has 0 spiro atoms. The van der Waals surface area contributed by atoms with Crippen LogP contribution in [0, 0.1) is 0 Å². The maximum absolute atomic E-state index is 5.64. The first-order chi connectivity index (χ1) is 10.0. The van der Waals surface area contributed by atoms with Gasteiger partial charge in [0.1, 0.15) is 5.01 Å². The minimum absolute atomic E-state index is 0.141. The van der Waals surface area contributed by atoms with Crippen LogP contribution >= 0.6 is 11.3 Å². The van der Waals surface area contributed by atoms with Crippen molar-refractivity contribution in [2.45, 2.75) is 52.1 Å². The van der Waals surface area contributed by atoms with Crippen molar-refractivity contribution >= 4 is 11.3 Å². The Balaban J connectivity index is 1.93. The fourth-order valence-corrected chi connectivity index (χ4v) is 3.48. The predicted molar refractivity (Wildman–Crippen MR) is 89.0 cm³/mol. The summed E-state index contributed by atoms with van der Waals surface area (Å²) in [4.78, 5) is 7.33. The smallest absolute Gasteiger partial charge is 0.107 e. The molecule has 21 heavy (non-hydrogen) atoms. The van der Waals surface area contributed by atoms with Gasteiger partial charge in [0, 0.05) is 29.9 Å². The fourth-order valence-electron chi connectivity index (χ4n) is 2.43. The average molecular weight is 311 g/mol. The van der Waals surface area contributed by atoms with Gasteiger partial charge in [0.25, 0.3) is 0 Å². The van der Waals surface area contributed by atoms with Crippen LogP contribution in [-0.4, -0.2) is 48.8 Å². The number of rotatable bonds is 6. The zero-order valence-corrected chi connectivity index (χ0v) is 14.6. The molecule has 0 bridgehead atoms. The Morgan fingerprint density at radius 2 is 2.29 bits per heavy atom. The highest BCUT2D eigenvalue weighted by Crippen LogP contribution is 2.25. The summed E-state index contributed by atoms with van der Waals surface area (Å²) in [5, 5.41) is 6.94. The van der Waals surface area contributed by atoms with Gasteiger partial charge in [-0.25, -0.2) is 4.98 Å². The number of hydrogen-bond donors (Lipinski definition) is 1. The lowest BCUT2D eigenvalue weighted by atomic mass is 9.93. The van der Waals surface area contributed by atoms with Crippen LogP contribution in [0.1, 0.15) is 44.8 Å². The van der Waals surface area contributed by atoms with Crippen molar-refractivity contribution in [2.24, 2.45) is 0 Å². The second kappa shape index (κ2) is 7.68. The van der Waals surface area contributed by atoms with Gasteiger partial charge in [-0.2, -0.15) is 0 Å². The van der Waals surface area contributed by atoms with E-state index >= 15 is 0 Å². The molecule has 1 aliphatic rings. The summed E-state index contributed by atoms with van der Waals surface area (Å²) >= 11 is 1.79. The maximum Gasteiger partial charge on any atom is 0.107 e. The van der Waals surface area contributed by atoms with Gasteiger partial charge in [-0.05, 0) is 13.0 Å². The lowest BCUT2D eigenvalue weighted by Gasteiger charge is -2.35. The Morgan fingerprint density at radius 1 is 1.48 bits per heavy atom. The summed E-state index contributed by atoms with van der Waals surface area (Å²) < 4.78 is 5.64. The molecule has 0 amide bonds. The second-order valence-electron chi connectivity index (χ2n) is 6.78. The van der Waals surface area contributed by atoms with Crippen LogP contribution in [0.2, 0.25) is 0 Å². The lowest BCUT2D eigenvalue weighted by molar-refractivity contribution is -0.0109. The molecule has 0 radical (unpaired) electrons. The molecule has 1 aromatic rings. The molecule has 1 N–H and O–H groups in total. The first-order valence-electron chi connectivity index (χ1n) is 7.98. The molecular formula is C16H29N3OS. The van der Waals surface area contributed by atoms with E-state index in [0.717, 1.165) is 39.4 Å². The summed E-state index contributed by atoms with van der Waals surface area (Å²) in [5.74, 6) is 0. The Kier molecular flexibility index (Phi) is 6.17. The van der Waals surface area contributed by atoms with Crippen LogP contribution in [0.15, 0.2) is 5.38 Å². The zero-order chi connectivity index (χ0) is 15.3. The Hall–Kier alpha value is -0.490. The summed E-state index contributed by atoms with van der Waals surface area (Å²) in [5.41, 5.74) is 1.35. The maximum atomic E-state index is 5.64. The third kappa shape index (κ3) is 5.02. The standard InChI is InChI=1S/C16H29N3OS/c1-5-6-17-9-13-11-20-8-7-19(13)10-15-18-14(12-21-15)16(2,3)4/h12-13,17H,5-11H2,1-4H3. The van der Waals surface area contributed by atoms with Gasteiger partial charge in [-0.1, -0.05) is 27.7 Å². The third-order valence-corrected chi connectivity index (χ3v) is 4.65. The van der Waals surface area contributed by atoms with Gasteiger partial charge in [0.15, 0.2) is 0 Å². The molecule has 0 aliphatic carbocycles. The number of ether oxygens (including phenoxy) is 1. The number of aromatic nitrogens is 1. The average Bonchev–Trinajstić information content (AvgIpc) is 2.89. The van der Waals surface area contributed by atoms with Gasteiger partial charge < -0.3 is 10.1 Å². The van der Waals surface area contributed by atoms with E-state index in [0.29, 0.717) is 6.04 Å². The number of morpholine rings is 1. The van der Waals surface area contributed by atoms with Crippen LogP contribution in [0.4, 0.5) is 0 Å². The van der Waals surface area contributed by atoms with Gasteiger partial charge in [0.05, 0.1) is 25.5 Å². The quantitative estimate of drug-likeness (QED) is 0.820. The number of nitrogens with zero attached hydrogens (tertiary/aromatic N) is 2. The molecule has 1 saturated heterocycles. The molecule has 1 atom stereocenters. The largest absolute Gasteiger partial charge is 0.378 e. The Bertz CT molecular complexity index is 427. The summed E-state index contributed by atoms with van der Waals surface area (Å²) in [7, 11) is 0. The van der Waals surface area contributed by atoms with Crippen molar-refractivity contribution in [3.8, 4) is 0 Å². The van der Waals surface area contributed by atoms with Crippen molar-refractivity contribution in [1.82, 2.24) is 15.2 Å². The minimum Gasteiger partial charge on any atom is -0.378 e. The normalized spacial score (nSPS) is 20.9. The molecule has 1 aliphatic heterocycles. The van der Waals surface area contributed by atoms with E-state index in [9.17, 15) is 0 Å². The topological polar surface area (TPSA) is 37.4 Å². The molecule has 0 aromatic carbocycles. The SMILES string of the molecule is CCCNCC1COCCN1Cc1nc(C(C)(C)C)cs1. The van der Waals surface area contributed by atoms with Crippen LogP contribution in [0.5, 0.6) is 0 Å². The van der Waals surface area contributed by atoms with Crippen LogP contribution in [0.25, 0.3) is 0 Å². The molecule has 4 nitrogen and oxygen atoms in total. The monoisotopic (exact) mass is 311 g/mol. The molecule has 0 saturated carbocycles. The molecule has 2 heterocycles. The van der Waals surface area contributed by atoms with E-state index in [4.69, 9.17) is 9.72 Å². The van der Waals surface area contributed by atoms with Crippen LogP contribution in [0.3, 0.4) is 0 Å². The van der Waals surface area contributed by atoms with Crippen molar-refractivity contribution < 1.29 is 4.74 Å². The highest BCUT2D eigenvalue weighted by atomic mass is 32.1. The summed E-state index contributed by atoms with van der Waals surface area (Å²) in [6, 6.07) is 0.465. The minimum atomic E-state index is 0.141. The molecule has 1 unspecified atom stereocenters. The van der Waals surface area contributed by atoms with Crippen LogP contribution < -0.4 is 5.32 Å². The molecule has 1 aromatic heterocycles. The Morgan fingerprint density at radius 3 is 2.95 bits per heavy atom. The first-order valence-corrected chi connectivity index (χ1v) is 8.86. The van der Waals surface area contributed by atoms with E-state index in [2.05, 4.69) is 43.3 Å². The molecule has 5 heteroatoms. The van der Waals surface area contributed by atoms with E-state index in [1.807, 2.05) is 0 Å². The van der Waals surface area contributed by atoms with E-state index < -0.39 is 0 Å². The number of hydrogen-bond acceptors (Lipinski definition) is 5. The van der Waals surface area contributed by atoms with Crippen molar-refractivity contribution in [2.75, 3.05) is 32.8 Å². The van der Waals surface area contributed by atoms with Gasteiger partial charge in [-0.15, -0.1) is 11.3 Å². The molecule has 1 fully saturated rings. The van der Waals surface area contributed by atoms with Gasteiger partial charge >= 0.3 is 0 Å². The predicted octanol–water partition coefficient (Wildman–Crippen LogP) is 2.64. The van der Waals surface area contributed by atoms with Crippen molar-refractivity contribution in [3.05, 3.63) is 16.1 Å². The third-order valence-electron chi connectivity index (χ3n) is 3.81. The number of thiazole rings is 1. The highest BCUT2D eigenvalue weighted by Gasteiger charge is 2.24. The first kappa shape index (κ1) is 16.9. The second-order valence-corrected chi connectivity index (χ2v) is 7.72. The van der Waals surface area contributed by atoms with Crippen molar-refractivity contribution in [3.63, 3.8) is 0 Å². The summed E-state index contributed by atoms with van der Waals surface area (Å²) in [6.45, 7) is 14.6. The van der Waals surface area contributed by atoms with E-state index in [1.165, 1.54) is 17.1 Å². The molecule has 120 valence electrons. The zero-order valence-electron chi connectivity index (χ0n) is 13.8. The fraction of sp³-hybridized carbons (Fsp3) is 0.812. The highest BCUT2D eigenvalue weighted by molar-refractivity contribution is 7.09. The van der Waals surface area contributed by atoms with E-state index in [1.54, 1.807) is 11.3 Å². The number of nitrogens with one attached hydrogen (secondary N) is 1. The summed E-state index contributed by atoms with van der Waals surface area (Å²) in [6.07, 6.45) is 1.18. The molecular weight excluding hydrogens is 282 g/mol. The van der Waals surface area contributed by atoms with Gasteiger partial charge in [0.2, 0.25) is 0 Å². The Labute approximate surface area is 132 Å². The van der Waals surface area contributed by atoms with E-state index in [-0.39, 0.29) is 5.41 Å². The van der Waals surface area contributed by atoms with Crippen LogP contribution in [-0.2, 0) is 16.7 Å². The molecule has 2 rings (SSSR count). The van der Waals surface area contributed by atoms with Crippen molar-refractivity contribution in [1.29, 1.82) is 0 Å². The van der Waals surface area contributed by atoms with Gasteiger partial charge in [-0.3, -0.25) is 4.90 Å². The lowest BCUT2D eigenvalue weighted by Crippen LogP contribution is -2.49.